The highest BCUT2D eigenvalue weighted by Crippen LogP contribution is 2.21. The van der Waals surface area contributed by atoms with Crippen molar-refractivity contribution < 1.29 is 5.21 Å². The van der Waals surface area contributed by atoms with Gasteiger partial charge in [-0.05, 0) is 32.4 Å². The average Bonchev–Trinajstić information content (AvgIpc) is 2.26. The summed E-state index contributed by atoms with van der Waals surface area (Å²) in [5, 5.41) is 11.8. The van der Waals surface area contributed by atoms with Gasteiger partial charge in [0, 0.05) is 19.3 Å². The van der Waals surface area contributed by atoms with E-state index in [-0.39, 0.29) is 5.84 Å². The Balaban J connectivity index is 3.44. The van der Waals surface area contributed by atoms with Gasteiger partial charge in [-0.15, -0.1) is 0 Å². The second-order valence-corrected chi connectivity index (χ2v) is 3.78. The number of pyridine rings is 1. The van der Waals surface area contributed by atoms with Gasteiger partial charge in [0.2, 0.25) is 0 Å². The molecule has 0 atom stereocenters. The van der Waals surface area contributed by atoms with Crippen LogP contribution in [0, 0.1) is 13.8 Å². The minimum atomic E-state index is 0.0975. The maximum atomic E-state index is 8.78. The first-order valence-corrected chi connectivity index (χ1v) is 5.18. The van der Waals surface area contributed by atoms with Gasteiger partial charge in [0.1, 0.15) is 5.82 Å². The quantitative estimate of drug-likeness (QED) is 0.349. The molecule has 0 bridgehead atoms. The second-order valence-electron chi connectivity index (χ2n) is 3.78. The van der Waals surface area contributed by atoms with Gasteiger partial charge in [0.25, 0.3) is 0 Å². The molecule has 0 amide bonds. The molecule has 1 rings (SSSR count). The van der Waals surface area contributed by atoms with Crippen LogP contribution in [0.1, 0.15) is 23.7 Å². The number of anilines is 1. The largest absolute Gasteiger partial charge is 0.409 e. The predicted molar refractivity (Wildman–Crippen MR) is 65.2 cm³/mol. The molecular weight excluding hydrogens is 204 g/mol. The van der Waals surface area contributed by atoms with E-state index in [1.165, 1.54) is 0 Å². The van der Waals surface area contributed by atoms with Crippen LogP contribution in [0.15, 0.2) is 11.2 Å². The van der Waals surface area contributed by atoms with E-state index in [1.54, 1.807) is 0 Å². The molecule has 0 fully saturated rings. The maximum absolute atomic E-state index is 8.78. The number of amidine groups is 1. The standard InChI is InChI=1S/C11H18N4O/c1-5-15(4)11-9(10(12)14-16)7(2)6-8(3)13-11/h6,16H,5H2,1-4H3,(H2,12,14). The monoisotopic (exact) mass is 222 g/mol. The van der Waals surface area contributed by atoms with Crippen molar-refractivity contribution in [1.29, 1.82) is 0 Å². The number of nitrogens with two attached hydrogens (primary N) is 1. The molecule has 0 saturated carbocycles. The molecule has 0 aliphatic carbocycles. The first kappa shape index (κ1) is 12.3. The van der Waals surface area contributed by atoms with Gasteiger partial charge in [-0.25, -0.2) is 4.98 Å². The first-order chi connectivity index (χ1) is 7.51. The molecule has 0 spiro atoms. The van der Waals surface area contributed by atoms with Gasteiger partial charge in [0.05, 0.1) is 5.56 Å². The highest BCUT2D eigenvalue weighted by atomic mass is 16.4. The fourth-order valence-corrected chi connectivity index (χ4v) is 1.61. The fourth-order valence-electron chi connectivity index (χ4n) is 1.61. The fraction of sp³-hybridized carbons (Fsp3) is 0.455. The molecule has 0 radical (unpaired) electrons. The number of aromatic nitrogens is 1. The van der Waals surface area contributed by atoms with Gasteiger partial charge in [-0.3, -0.25) is 0 Å². The zero-order valence-electron chi connectivity index (χ0n) is 10.2. The van der Waals surface area contributed by atoms with Crippen molar-refractivity contribution in [2.24, 2.45) is 10.9 Å². The van der Waals surface area contributed by atoms with E-state index < -0.39 is 0 Å². The van der Waals surface area contributed by atoms with Gasteiger partial charge in [0.15, 0.2) is 5.84 Å². The molecule has 1 aromatic heterocycles. The van der Waals surface area contributed by atoms with Crippen LogP contribution in [0.3, 0.4) is 0 Å². The summed E-state index contributed by atoms with van der Waals surface area (Å²) in [4.78, 5) is 6.39. The van der Waals surface area contributed by atoms with Crippen LogP contribution < -0.4 is 10.6 Å². The van der Waals surface area contributed by atoms with Crippen LogP contribution in [0.5, 0.6) is 0 Å². The lowest BCUT2D eigenvalue weighted by molar-refractivity contribution is 0.318. The number of aryl methyl sites for hydroxylation is 2. The molecule has 0 aliphatic heterocycles. The lowest BCUT2D eigenvalue weighted by Gasteiger charge is -2.20. The molecular formula is C11H18N4O. The zero-order valence-corrected chi connectivity index (χ0v) is 10.2. The first-order valence-electron chi connectivity index (χ1n) is 5.18. The topological polar surface area (TPSA) is 74.7 Å². The normalized spacial score (nSPS) is 11.6. The van der Waals surface area contributed by atoms with Crippen molar-refractivity contribution in [1.82, 2.24) is 4.98 Å². The summed E-state index contributed by atoms with van der Waals surface area (Å²) in [5.74, 6) is 0.843. The maximum Gasteiger partial charge on any atom is 0.174 e. The Morgan fingerprint density at radius 1 is 1.56 bits per heavy atom. The van der Waals surface area contributed by atoms with Crippen LogP contribution in [-0.4, -0.2) is 29.6 Å². The number of hydrogen-bond donors (Lipinski definition) is 2. The summed E-state index contributed by atoms with van der Waals surface area (Å²) in [6, 6.07) is 1.92. The Kier molecular flexibility index (Phi) is 3.71. The van der Waals surface area contributed by atoms with Crippen LogP contribution in [0.25, 0.3) is 0 Å². The van der Waals surface area contributed by atoms with Gasteiger partial charge >= 0.3 is 0 Å². The average molecular weight is 222 g/mol. The van der Waals surface area contributed by atoms with E-state index >= 15 is 0 Å². The Morgan fingerprint density at radius 3 is 2.69 bits per heavy atom. The van der Waals surface area contributed by atoms with Gasteiger partial charge in [-0.2, -0.15) is 0 Å². The van der Waals surface area contributed by atoms with Crippen LogP contribution in [-0.2, 0) is 0 Å². The predicted octanol–water partition coefficient (Wildman–Crippen LogP) is 1.25. The smallest absolute Gasteiger partial charge is 0.174 e. The summed E-state index contributed by atoms with van der Waals surface area (Å²) in [7, 11) is 1.93. The lowest BCUT2D eigenvalue weighted by Crippen LogP contribution is -2.25. The third kappa shape index (κ3) is 2.24. The summed E-state index contributed by atoms with van der Waals surface area (Å²) >= 11 is 0. The minimum Gasteiger partial charge on any atom is -0.409 e. The Hall–Kier alpha value is -1.78. The highest BCUT2D eigenvalue weighted by molar-refractivity contribution is 6.02. The molecule has 0 saturated heterocycles. The van der Waals surface area contributed by atoms with Crippen molar-refractivity contribution in [2.45, 2.75) is 20.8 Å². The molecule has 1 heterocycles. The van der Waals surface area contributed by atoms with Gasteiger partial charge in [-0.1, -0.05) is 5.16 Å². The third-order valence-electron chi connectivity index (χ3n) is 2.53. The third-order valence-corrected chi connectivity index (χ3v) is 2.53. The van der Waals surface area contributed by atoms with E-state index in [1.807, 2.05) is 38.8 Å². The molecule has 0 aliphatic rings. The van der Waals surface area contributed by atoms with E-state index in [2.05, 4.69) is 10.1 Å². The van der Waals surface area contributed by atoms with E-state index in [4.69, 9.17) is 10.9 Å². The van der Waals surface area contributed by atoms with E-state index in [9.17, 15) is 0 Å². The van der Waals surface area contributed by atoms with Crippen LogP contribution >= 0.6 is 0 Å². The van der Waals surface area contributed by atoms with Crippen molar-refractivity contribution in [3.8, 4) is 0 Å². The second kappa shape index (κ2) is 4.83. The molecule has 16 heavy (non-hydrogen) atoms. The summed E-state index contributed by atoms with van der Waals surface area (Å²) in [5.41, 5.74) is 8.24. The van der Waals surface area contributed by atoms with Crippen molar-refractivity contribution >= 4 is 11.7 Å². The number of hydrogen-bond acceptors (Lipinski definition) is 4. The van der Waals surface area contributed by atoms with E-state index in [0.29, 0.717) is 5.56 Å². The molecule has 0 unspecified atom stereocenters. The Morgan fingerprint density at radius 2 is 2.19 bits per heavy atom. The molecule has 3 N–H and O–H groups in total. The minimum absolute atomic E-state index is 0.0975. The number of nitrogens with zero attached hydrogens (tertiary/aromatic N) is 3. The van der Waals surface area contributed by atoms with Crippen LogP contribution in [0.2, 0.25) is 0 Å². The van der Waals surface area contributed by atoms with E-state index in [0.717, 1.165) is 23.6 Å². The SMILES string of the molecule is CCN(C)c1nc(C)cc(C)c1C(N)=NO. The molecule has 1 aromatic rings. The molecule has 5 nitrogen and oxygen atoms in total. The molecule has 0 aromatic carbocycles. The van der Waals surface area contributed by atoms with Crippen molar-refractivity contribution in [2.75, 3.05) is 18.5 Å². The van der Waals surface area contributed by atoms with Crippen LogP contribution in [0.4, 0.5) is 5.82 Å². The Bertz CT molecular complexity index is 415. The zero-order chi connectivity index (χ0) is 12.3. The molecule has 88 valence electrons. The lowest BCUT2D eigenvalue weighted by atomic mass is 10.1. The molecule has 5 heteroatoms. The highest BCUT2D eigenvalue weighted by Gasteiger charge is 2.15. The number of rotatable bonds is 3. The number of oxime groups is 1. The van der Waals surface area contributed by atoms with Crippen molar-refractivity contribution in [3.05, 3.63) is 22.9 Å². The summed E-state index contributed by atoms with van der Waals surface area (Å²) in [6.45, 7) is 6.68. The van der Waals surface area contributed by atoms with Gasteiger partial charge < -0.3 is 15.8 Å². The van der Waals surface area contributed by atoms with Crippen molar-refractivity contribution in [3.63, 3.8) is 0 Å². The summed E-state index contributed by atoms with van der Waals surface area (Å²) < 4.78 is 0. The Labute approximate surface area is 95.6 Å². The summed E-state index contributed by atoms with van der Waals surface area (Å²) in [6.07, 6.45) is 0.